The molecule has 0 saturated carbocycles. The first-order valence-electron chi connectivity index (χ1n) is 42.8. The Morgan fingerprint density at radius 1 is 0.467 bits per heavy atom. The van der Waals surface area contributed by atoms with Gasteiger partial charge in [-0.1, -0.05) is 89.6 Å². The Hall–Kier alpha value is -9.58. The van der Waals surface area contributed by atoms with Crippen molar-refractivity contribution in [3.05, 3.63) is 35.9 Å². The number of ketones is 4. The van der Waals surface area contributed by atoms with E-state index in [1.54, 1.807) is 148 Å². The fourth-order valence-corrected chi connectivity index (χ4v) is 12.8. The standard InChI is InChI=1S/C86H145N13O23/c1-21-22-23-24-25-29-32-59(87)74(110)96-62(36-42-91-79(115)120-84(12,13)14)69(105)50-58(53(5)101)73(109)95-61(35-41-90-78(114)119-83(9,10)11)66(102)47-55-33-39-88-72(108)57(52(4)100)49-68(104)63(37-43-92-80(116)121-85(15,16)17)97-75(111)64(38-44-93-81(117)122-86(18,19)20)98-76(112)65(45-51(2)3)99-71(107)56(46-54-30-27-26-28-31-54)48-67(103)60(94-70(55)106)34-40-89-77(113)118-82(6,7)8/h26-28,30-31,51-53,55-65,100-101H,21-25,29,32-50,87H2,1-20H3,(H,88,108)(H,89,113)(H,90,114)(H,91,115)(H,92,116)(H,93,117)(H,94,106)(H,95,109)(H,96,110)(H,97,111)(H,98,112)(H,99,107)/t52-,53-,55-,56+,57+,58+,59+,60+,61+,62+,63+,64+,65+/m1/s1. The molecule has 1 saturated heterocycles. The van der Waals surface area contributed by atoms with Gasteiger partial charge >= 0.3 is 30.5 Å². The Labute approximate surface area is 719 Å². The molecule has 0 radical (unpaired) electrons. The largest absolute Gasteiger partial charge is 0.444 e. The van der Waals surface area contributed by atoms with Crippen molar-refractivity contribution in [1.82, 2.24) is 63.8 Å². The molecule has 13 atom stereocenters. The predicted octanol–water partition coefficient (Wildman–Crippen LogP) is 6.42. The van der Waals surface area contributed by atoms with E-state index in [4.69, 9.17) is 29.4 Å². The van der Waals surface area contributed by atoms with Crippen molar-refractivity contribution in [1.29, 1.82) is 0 Å². The number of aliphatic hydroxyl groups is 2. The van der Waals surface area contributed by atoms with Crippen LogP contribution in [0.3, 0.4) is 0 Å². The maximum atomic E-state index is 15.5. The van der Waals surface area contributed by atoms with Crippen LogP contribution in [0.15, 0.2) is 30.3 Å². The van der Waals surface area contributed by atoms with Crippen LogP contribution < -0.4 is 69.5 Å². The van der Waals surface area contributed by atoms with Gasteiger partial charge in [-0.05, 0) is 187 Å². The van der Waals surface area contributed by atoms with Gasteiger partial charge in [0, 0.05) is 76.8 Å². The van der Waals surface area contributed by atoms with Crippen molar-refractivity contribution in [3.63, 3.8) is 0 Å². The average Bonchev–Trinajstić information content (AvgIpc) is 0.935. The summed E-state index contributed by atoms with van der Waals surface area (Å²) in [6, 6.07) is -2.09. The monoisotopic (exact) mass is 1730 g/mol. The van der Waals surface area contributed by atoms with E-state index in [1.165, 1.54) is 13.8 Å². The van der Waals surface area contributed by atoms with Gasteiger partial charge in [-0.25, -0.2) is 24.0 Å². The molecule has 36 heteroatoms. The number of ether oxygens (including phenoxy) is 5. The van der Waals surface area contributed by atoms with Gasteiger partial charge in [0.15, 0.2) is 23.1 Å². The Morgan fingerprint density at radius 2 is 0.861 bits per heavy atom. The number of hydrogen-bond acceptors (Lipinski definition) is 24. The van der Waals surface area contributed by atoms with E-state index >= 15 is 19.2 Å². The second-order valence-corrected chi connectivity index (χ2v) is 36.8. The summed E-state index contributed by atoms with van der Waals surface area (Å²) < 4.78 is 27.1. The summed E-state index contributed by atoms with van der Waals surface area (Å²) in [6.07, 6.45) is -7.88. The lowest BCUT2D eigenvalue weighted by Crippen LogP contribution is -2.57. The molecule has 16 N–H and O–H groups in total. The summed E-state index contributed by atoms with van der Waals surface area (Å²) in [5.41, 5.74) is 2.04. The van der Waals surface area contributed by atoms with Crippen LogP contribution in [0.4, 0.5) is 24.0 Å². The van der Waals surface area contributed by atoms with Crippen molar-refractivity contribution in [3.8, 4) is 0 Å². The maximum absolute atomic E-state index is 15.5. The lowest BCUT2D eigenvalue weighted by molar-refractivity contribution is -0.137. The Balaban J connectivity index is 3.11. The molecular weight excluding hydrogens is 1580 g/mol. The minimum Gasteiger partial charge on any atom is -0.444 e. The molecule has 0 aromatic heterocycles. The van der Waals surface area contributed by atoms with E-state index in [0.29, 0.717) is 12.0 Å². The van der Waals surface area contributed by atoms with Crippen molar-refractivity contribution >= 4 is 94.9 Å². The summed E-state index contributed by atoms with van der Waals surface area (Å²) in [5.74, 6) is -16.8. The quantitative estimate of drug-likeness (QED) is 0.0251. The molecular formula is C86H145N13O23. The first kappa shape index (κ1) is 108. The summed E-state index contributed by atoms with van der Waals surface area (Å²) in [4.78, 5) is 230. The van der Waals surface area contributed by atoms with Crippen LogP contribution in [0.2, 0.25) is 0 Å². The number of carbonyl (C=O) groups is 16. The Kier molecular flexibility index (Phi) is 46.9. The molecule has 1 aromatic carbocycles. The molecule has 1 aliphatic rings. The van der Waals surface area contributed by atoms with Crippen LogP contribution >= 0.6 is 0 Å². The lowest BCUT2D eigenvalue weighted by atomic mass is 9.88. The lowest BCUT2D eigenvalue weighted by Gasteiger charge is -2.28. The van der Waals surface area contributed by atoms with Crippen LogP contribution in [0.25, 0.3) is 0 Å². The van der Waals surface area contributed by atoms with E-state index in [9.17, 15) is 67.7 Å². The SMILES string of the molecule is CCCCCCCC[C@H](N)C(=O)N[C@@H](CCNC(=O)OC(C)(C)C)C(=O)C[C@H](C(=O)N[C@@H](CCNC(=O)OC(C)(C)C)C(=O)C[C@H]1CCNC(=O)[C@H]([C@@H](C)O)CC(=O)[C@H](CCNC(=O)OC(C)(C)C)NC(=O)[C@H](CCNC(=O)OC(C)(C)C)NC(=O)[C@H](CC(C)C)NC(=O)[C@@H](Cc2ccccc2)CC(=O)[C@H](CCNC(=O)OC(C)(C)C)NC1=O)[C@@H](C)O. The van der Waals surface area contributed by atoms with Crippen LogP contribution in [0.5, 0.6) is 0 Å². The average molecular weight is 1730 g/mol. The third-order valence-electron chi connectivity index (χ3n) is 18.9. The zero-order valence-corrected chi connectivity index (χ0v) is 75.7. The number of nitrogens with one attached hydrogen (secondary N) is 12. The number of nitrogens with two attached hydrogens (primary N) is 1. The topological polar surface area (TPSA) is 530 Å². The number of amides is 12. The summed E-state index contributed by atoms with van der Waals surface area (Å²) in [5, 5.41) is 54.3. The van der Waals surface area contributed by atoms with Crippen LogP contribution in [-0.4, -0.2) is 227 Å². The van der Waals surface area contributed by atoms with Gasteiger partial charge < -0.3 is 103 Å². The van der Waals surface area contributed by atoms with Crippen LogP contribution in [0, 0.1) is 29.6 Å². The van der Waals surface area contributed by atoms with Crippen LogP contribution in [-0.2, 0) is 82.8 Å². The number of aliphatic hydroxyl groups excluding tert-OH is 2. The highest BCUT2D eigenvalue weighted by molar-refractivity contribution is 5.99. The molecule has 36 nitrogen and oxygen atoms in total. The van der Waals surface area contributed by atoms with E-state index in [0.717, 1.165) is 32.1 Å². The van der Waals surface area contributed by atoms with E-state index < -0.39 is 259 Å². The normalized spacial score (nSPS) is 20.0. The van der Waals surface area contributed by atoms with Gasteiger partial charge in [-0.15, -0.1) is 0 Å². The molecule has 2 rings (SSSR count). The zero-order chi connectivity index (χ0) is 92.6. The zero-order valence-electron chi connectivity index (χ0n) is 75.7. The van der Waals surface area contributed by atoms with Gasteiger partial charge in [0.1, 0.15) is 40.1 Å². The second-order valence-electron chi connectivity index (χ2n) is 36.8. The van der Waals surface area contributed by atoms with Crippen molar-refractivity contribution < 1.29 is 111 Å². The highest BCUT2D eigenvalue weighted by Crippen LogP contribution is 2.24. The summed E-state index contributed by atoms with van der Waals surface area (Å²) in [6.45, 7) is 30.0. The fourth-order valence-electron chi connectivity index (χ4n) is 12.8. The highest BCUT2D eigenvalue weighted by atomic mass is 16.6. The predicted molar refractivity (Wildman–Crippen MR) is 455 cm³/mol. The molecule has 0 aliphatic carbocycles. The third-order valence-corrected chi connectivity index (χ3v) is 18.9. The van der Waals surface area contributed by atoms with Crippen molar-refractivity contribution in [2.24, 2.45) is 35.3 Å². The van der Waals surface area contributed by atoms with Gasteiger partial charge in [-0.3, -0.25) is 52.7 Å². The molecule has 692 valence electrons. The van der Waals surface area contributed by atoms with Gasteiger partial charge in [0.25, 0.3) is 0 Å². The molecule has 1 aromatic rings. The van der Waals surface area contributed by atoms with E-state index in [-0.39, 0.29) is 70.6 Å². The molecule has 122 heavy (non-hydrogen) atoms. The maximum Gasteiger partial charge on any atom is 0.407 e. The molecule has 0 bridgehead atoms. The number of Topliss-reactive ketones (excluding diaryl/α,β-unsaturated/α-hetero) is 4. The first-order valence-corrected chi connectivity index (χ1v) is 42.8. The molecule has 0 unspecified atom stereocenters. The number of rotatable bonds is 38. The molecule has 12 amide bonds. The minimum absolute atomic E-state index is 0.0796. The Morgan fingerprint density at radius 3 is 1.31 bits per heavy atom. The summed E-state index contributed by atoms with van der Waals surface area (Å²) in [7, 11) is 0. The number of alkyl carbamates (subject to hydrolysis) is 5. The highest BCUT2D eigenvalue weighted by Gasteiger charge is 2.40. The number of unbranched alkanes of at least 4 members (excludes halogenated alkanes) is 5. The molecule has 1 heterocycles. The number of carbonyl (C=O) groups excluding carboxylic acids is 16. The number of benzene rings is 1. The van der Waals surface area contributed by atoms with E-state index in [2.05, 4.69) is 70.7 Å². The summed E-state index contributed by atoms with van der Waals surface area (Å²) >= 11 is 0. The molecule has 1 fully saturated rings. The minimum atomic E-state index is -1.72. The Bertz CT molecular complexity index is 3580. The molecule has 1 aliphatic heterocycles. The first-order chi connectivity index (χ1) is 56.6. The van der Waals surface area contributed by atoms with Gasteiger partial charge in [0.2, 0.25) is 41.4 Å². The van der Waals surface area contributed by atoms with Crippen molar-refractivity contribution in [2.75, 3.05) is 39.3 Å². The molecule has 0 spiro atoms. The van der Waals surface area contributed by atoms with Gasteiger partial charge in [-0.2, -0.15) is 0 Å². The third kappa shape index (κ3) is 47.2. The fraction of sp³-hybridized carbons (Fsp3) is 0.744. The van der Waals surface area contributed by atoms with Crippen molar-refractivity contribution in [2.45, 2.75) is 343 Å². The van der Waals surface area contributed by atoms with E-state index in [1.807, 2.05) is 0 Å². The van der Waals surface area contributed by atoms with Crippen LogP contribution in [0.1, 0.15) is 260 Å². The number of hydrogen-bond donors (Lipinski definition) is 15. The smallest absolute Gasteiger partial charge is 0.407 e. The second kappa shape index (κ2) is 52.8. The van der Waals surface area contributed by atoms with Gasteiger partial charge in [0.05, 0.1) is 54.3 Å².